The Balaban J connectivity index is 1.62. The number of benzene rings is 3. The zero-order valence-corrected chi connectivity index (χ0v) is 19.1. The molecule has 4 aromatic rings. The van der Waals surface area contributed by atoms with Gasteiger partial charge in [-0.2, -0.15) is 28.1 Å². The van der Waals surface area contributed by atoms with Crippen LogP contribution in [0.25, 0.3) is 0 Å². The van der Waals surface area contributed by atoms with Crippen LogP contribution < -0.4 is 15.5 Å². The molecule has 0 aliphatic carbocycles. The summed E-state index contributed by atoms with van der Waals surface area (Å²) in [6.07, 6.45) is -4.83. The predicted octanol–water partition coefficient (Wildman–Crippen LogP) is 5.42. The molecule has 2 amide bonds. The first-order chi connectivity index (χ1) is 17.4. The molecule has 0 saturated heterocycles. The van der Waals surface area contributed by atoms with E-state index in [-0.39, 0.29) is 25.6 Å². The topological polar surface area (TPSA) is 83.0 Å². The Morgan fingerprint density at radius 3 is 1.72 bits per heavy atom. The minimum atomic E-state index is -4.83. The van der Waals surface area contributed by atoms with Crippen LogP contribution >= 0.6 is 0 Å². The third-order valence-electron chi connectivity index (χ3n) is 5.11. The Labute approximate surface area is 206 Å². The van der Waals surface area contributed by atoms with Gasteiger partial charge in [0.05, 0.1) is 0 Å². The molecule has 0 fully saturated rings. The number of hydrogen-bond acceptors (Lipinski definition) is 5. The number of hydrogen-bond donors (Lipinski definition) is 2. The lowest BCUT2D eigenvalue weighted by molar-refractivity contribution is -0.144. The predicted molar refractivity (Wildman–Crippen MR) is 130 cm³/mol. The molecule has 0 bridgehead atoms. The summed E-state index contributed by atoms with van der Waals surface area (Å²) in [6, 6.07) is 26.9. The van der Waals surface area contributed by atoms with Crippen LogP contribution in [-0.2, 0) is 25.8 Å². The molecule has 0 atom stereocenters. The quantitative estimate of drug-likeness (QED) is 0.343. The number of urea groups is 1. The number of nitrogens with one attached hydrogen (secondary N) is 2. The van der Waals surface area contributed by atoms with Gasteiger partial charge in [0.1, 0.15) is 0 Å². The molecule has 0 saturated carbocycles. The van der Waals surface area contributed by atoms with E-state index in [0.717, 1.165) is 16.7 Å². The van der Waals surface area contributed by atoms with Crippen molar-refractivity contribution in [2.24, 2.45) is 0 Å². The average molecular weight is 493 g/mol. The first kappa shape index (κ1) is 24.6. The number of aromatic nitrogens is 3. The summed E-state index contributed by atoms with van der Waals surface area (Å²) in [7, 11) is 0. The van der Waals surface area contributed by atoms with Crippen LogP contribution in [0, 0.1) is 0 Å². The lowest BCUT2D eigenvalue weighted by atomic mass is 10.2. The molecule has 1 heterocycles. The normalized spacial score (nSPS) is 11.1. The highest BCUT2D eigenvalue weighted by Gasteiger charge is 2.36. The van der Waals surface area contributed by atoms with Gasteiger partial charge in [-0.05, 0) is 16.7 Å². The first-order valence-corrected chi connectivity index (χ1v) is 11.1. The van der Waals surface area contributed by atoms with Gasteiger partial charge in [-0.25, -0.2) is 4.79 Å². The van der Waals surface area contributed by atoms with Gasteiger partial charge in [0.15, 0.2) is 0 Å². The lowest BCUT2D eigenvalue weighted by Crippen LogP contribution is -2.31. The lowest BCUT2D eigenvalue weighted by Gasteiger charge is -2.24. The maximum atomic E-state index is 13.7. The Morgan fingerprint density at radius 1 is 0.722 bits per heavy atom. The van der Waals surface area contributed by atoms with Crippen LogP contribution in [0.2, 0.25) is 0 Å². The van der Waals surface area contributed by atoms with E-state index in [2.05, 4.69) is 25.6 Å². The molecule has 184 valence electrons. The second-order valence-electron chi connectivity index (χ2n) is 7.90. The second-order valence-corrected chi connectivity index (χ2v) is 7.90. The highest BCUT2D eigenvalue weighted by molar-refractivity contribution is 5.87. The summed E-state index contributed by atoms with van der Waals surface area (Å²) in [6.45, 7) is 0.679. The van der Waals surface area contributed by atoms with E-state index in [1.807, 2.05) is 91.0 Å². The summed E-state index contributed by atoms with van der Waals surface area (Å²) < 4.78 is 41.0. The molecular weight excluding hydrogens is 469 g/mol. The summed E-state index contributed by atoms with van der Waals surface area (Å²) in [5.74, 6) is -2.09. The Bertz CT molecular complexity index is 1230. The van der Waals surface area contributed by atoms with Crippen molar-refractivity contribution in [1.29, 1.82) is 0 Å². The fraction of sp³-hybridized carbons (Fsp3) is 0.154. The third-order valence-corrected chi connectivity index (χ3v) is 5.11. The van der Waals surface area contributed by atoms with Crippen molar-refractivity contribution in [3.05, 3.63) is 114 Å². The molecule has 10 heteroatoms. The summed E-state index contributed by atoms with van der Waals surface area (Å²) >= 11 is 0. The van der Waals surface area contributed by atoms with Crippen molar-refractivity contribution in [1.82, 2.24) is 20.3 Å². The molecule has 4 rings (SSSR count). The van der Waals surface area contributed by atoms with E-state index < -0.39 is 24.0 Å². The maximum Gasteiger partial charge on any atom is 0.451 e. The number of amides is 2. The van der Waals surface area contributed by atoms with Gasteiger partial charge in [0.25, 0.3) is 0 Å². The molecule has 3 aromatic carbocycles. The van der Waals surface area contributed by atoms with Gasteiger partial charge in [0.2, 0.25) is 17.7 Å². The van der Waals surface area contributed by atoms with Crippen molar-refractivity contribution in [2.75, 3.05) is 10.2 Å². The largest absolute Gasteiger partial charge is 0.451 e. The number of halogens is 3. The van der Waals surface area contributed by atoms with E-state index in [0.29, 0.717) is 0 Å². The highest BCUT2D eigenvalue weighted by atomic mass is 19.4. The van der Waals surface area contributed by atoms with Gasteiger partial charge in [-0.3, -0.25) is 5.32 Å². The minimum absolute atomic E-state index is 0.185. The van der Waals surface area contributed by atoms with E-state index in [1.165, 1.54) is 0 Å². The monoisotopic (exact) mass is 492 g/mol. The van der Waals surface area contributed by atoms with Crippen molar-refractivity contribution < 1.29 is 18.0 Å². The second kappa shape index (κ2) is 11.3. The SMILES string of the molecule is O=C(NCc1ccccc1)Nc1nc(N(Cc2ccccc2)Cc2ccccc2)nc(C(F)(F)F)n1. The summed E-state index contributed by atoms with van der Waals surface area (Å²) in [4.78, 5) is 25.3. The van der Waals surface area contributed by atoms with Crippen molar-refractivity contribution in [2.45, 2.75) is 25.8 Å². The molecule has 0 unspecified atom stereocenters. The zero-order valence-electron chi connectivity index (χ0n) is 19.1. The fourth-order valence-corrected chi connectivity index (χ4v) is 3.42. The van der Waals surface area contributed by atoms with Gasteiger partial charge < -0.3 is 10.2 Å². The van der Waals surface area contributed by atoms with Gasteiger partial charge in [-0.15, -0.1) is 0 Å². The van der Waals surface area contributed by atoms with Crippen LogP contribution in [0.4, 0.5) is 29.9 Å². The van der Waals surface area contributed by atoms with Crippen molar-refractivity contribution >= 4 is 17.9 Å². The molecular formula is C26H23F3N6O. The number of alkyl halides is 3. The van der Waals surface area contributed by atoms with Crippen LogP contribution in [0.3, 0.4) is 0 Å². The molecule has 36 heavy (non-hydrogen) atoms. The minimum Gasteiger partial charge on any atom is -0.334 e. The Hall–Kier alpha value is -4.47. The summed E-state index contributed by atoms with van der Waals surface area (Å²) in [5.41, 5.74) is 2.55. The molecule has 0 radical (unpaired) electrons. The Morgan fingerprint density at radius 2 is 1.22 bits per heavy atom. The molecule has 0 aliphatic rings. The van der Waals surface area contributed by atoms with Crippen LogP contribution in [-0.4, -0.2) is 21.0 Å². The third kappa shape index (κ3) is 7.02. The van der Waals surface area contributed by atoms with Crippen molar-refractivity contribution in [3.63, 3.8) is 0 Å². The first-order valence-electron chi connectivity index (χ1n) is 11.1. The van der Waals surface area contributed by atoms with Gasteiger partial charge in [-0.1, -0.05) is 91.0 Å². The van der Waals surface area contributed by atoms with E-state index in [9.17, 15) is 18.0 Å². The van der Waals surface area contributed by atoms with Crippen molar-refractivity contribution in [3.8, 4) is 0 Å². The van der Waals surface area contributed by atoms with E-state index in [1.54, 1.807) is 4.90 Å². The van der Waals surface area contributed by atoms with Gasteiger partial charge >= 0.3 is 12.2 Å². The number of anilines is 2. The fourth-order valence-electron chi connectivity index (χ4n) is 3.42. The Kier molecular flexibility index (Phi) is 7.74. The number of nitrogens with zero attached hydrogens (tertiary/aromatic N) is 4. The zero-order chi connectivity index (χ0) is 25.4. The van der Waals surface area contributed by atoms with E-state index >= 15 is 0 Å². The van der Waals surface area contributed by atoms with Crippen LogP contribution in [0.1, 0.15) is 22.5 Å². The van der Waals surface area contributed by atoms with Gasteiger partial charge in [0, 0.05) is 19.6 Å². The smallest absolute Gasteiger partial charge is 0.334 e. The standard InChI is InChI=1S/C26H23F3N6O/c27-26(28,29)22-31-23(34-25(36)30-16-19-10-4-1-5-11-19)33-24(32-22)35(17-20-12-6-2-7-13-20)18-21-14-8-3-9-15-21/h1-15H,16-18H2,(H2,30,31,32,33,34,36). The molecule has 7 nitrogen and oxygen atoms in total. The highest BCUT2D eigenvalue weighted by Crippen LogP contribution is 2.29. The van der Waals surface area contributed by atoms with Crippen LogP contribution in [0.15, 0.2) is 91.0 Å². The molecule has 1 aromatic heterocycles. The maximum absolute atomic E-state index is 13.7. The number of carbonyl (C=O) groups excluding carboxylic acids is 1. The average Bonchev–Trinajstić information content (AvgIpc) is 2.88. The number of carbonyl (C=O) groups is 1. The molecule has 0 aliphatic heterocycles. The molecule has 2 N–H and O–H groups in total. The van der Waals surface area contributed by atoms with Crippen LogP contribution in [0.5, 0.6) is 0 Å². The van der Waals surface area contributed by atoms with E-state index in [4.69, 9.17) is 0 Å². The summed E-state index contributed by atoms with van der Waals surface area (Å²) in [5, 5.41) is 4.90. The molecule has 0 spiro atoms. The number of rotatable bonds is 8.